The van der Waals surface area contributed by atoms with Crippen LogP contribution in [-0.2, 0) is 6.61 Å². The Bertz CT molecular complexity index is 512. The van der Waals surface area contributed by atoms with Gasteiger partial charge in [0.25, 0.3) is 6.43 Å². The van der Waals surface area contributed by atoms with E-state index in [1.54, 1.807) is 0 Å². The van der Waals surface area contributed by atoms with Crippen molar-refractivity contribution < 1.29 is 18.6 Å². The molecule has 0 aromatic heterocycles. The highest BCUT2D eigenvalue weighted by Crippen LogP contribution is 2.32. The van der Waals surface area contributed by atoms with E-state index in [-0.39, 0.29) is 23.7 Å². The maximum absolute atomic E-state index is 12.7. The minimum atomic E-state index is -2.68. The second-order valence-corrected chi connectivity index (χ2v) is 3.80. The maximum Gasteiger partial charge on any atom is 0.267 e. The summed E-state index contributed by atoms with van der Waals surface area (Å²) in [5, 5.41) is 9.18. The fourth-order valence-corrected chi connectivity index (χ4v) is 1.57. The van der Waals surface area contributed by atoms with Crippen LogP contribution >= 0.6 is 0 Å². The van der Waals surface area contributed by atoms with Gasteiger partial charge in [-0.1, -0.05) is 30.3 Å². The first-order chi connectivity index (χ1) is 8.66. The molecule has 1 N–H and O–H groups in total. The molecule has 0 aliphatic carbocycles. The Hall–Kier alpha value is -2.10. The summed E-state index contributed by atoms with van der Waals surface area (Å²) in [6, 6.07) is 13.0. The van der Waals surface area contributed by atoms with Crippen LogP contribution in [0.1, 0.15) is 17.6 Å². The standard InChI is InChI=1S/C14H12F2O2/c15-14(16)12-8-11(17)6-7-13(12)18-9-10-4-2-1-3-5-10/h1-8,14,17H,9H2. The number of phenols is 1. The zero-order valence-electron chi connectivity index (χ0n) is 9.51. The predicted octanol–water partition coefficient (Wildman–Crippen LogP) is 3.91. The van der Waals surface area contributed by atoms with Crippen molar-refractivity contribution in [3.8, 4) is 11.5 Å². The van der Waals surface area contributed by atoms with Gasteiger partial charge in [-0.2, -0.15) is 0 Å². The van der Waals surface area contributed by atoms with Gasteiger partial charge >= 0.3 is 0 Å². The molecule has 2 aromatic carbocycles. The van der Waals surface area contributed by atoms with Gasteiger partial charge in [0, 0.05) is 0 Å². The van der Waals surface area contributed by atoms with Gasteiger partial charge in [0.1, 0.15) is 18.1 Å². The summed E-state index contributed by atoms with van der Waals surface area (Å²) in [4.78, 5) is 0. The molecule has 2 nitrogen and oxygen atoms in total. The lowest BCUT2D eigenvalue weighted by Crippen LogP contribution is -1.98. The summed E-state index contributed by atoms with van der Waals surface area (Å²) < 4.78 is 30.8. The minimum Gasteiger partial charge on any atom is -0.508 e. The molecule has 0 bridgehead atoms. The average molecular weight is 250 g/mol. The monoisotopic (exact) mass is 250 g/mol. The third-order valence-electron chi connectivity index (χ3n) is 2.47. The Labute approximate surface area is 103 Å². The third kappa shape index (κ3) is 2.97. The van der Waals surface area contributed by atoms with Crippen LogP contribution in [0.5, 0.6) is 11.5 Å². The molecule has 94 valence electrons. The Kier molecular flexibility index (Phi) is 3.77. The first-order valence-corrected chi connectivity index (χ1v) is 5.44. The summed E-state index contributed by atoms with van der Waals surface area (Å²) in [6.07, 6.45) is -2.68. The lowest BCUT2D eigenvalue weighted by molar-refractivity contribution is 0.144. The summed E-state index contributed by atoms with van der Waals surface area (Å²) in [5.41, 5.74) is 0.594. The lowest BCUT2D eigenvalue weighted by atomic mass is 10.2. The van der Waals surface area contributed by atoms with E-state index in [1.807, 2.05) is 30.3 Å². The van der Waals surface area contributed by atoms with Crippen molar-refractivity contribution >= 4 is 0 Å². The van der Waals surface area contributed by atoms with E-state index in [2.05, 4.69) is 0 Å². The number of benzene rings is 2. The first kappa shape index (κ1) is 12.4. The molecule has 18 heavy (non-hydrogen) atoms. The molecule has 0 amide bonds. The van der Waals surface area contributed by atoms with Gasteiger partial charge in [-0.25, -0.2) is 8.78 Å². The van der Waals surface area contributed by atoms with E-state index in [0.717, 1.165) is 11.6 Å². The van der Waals surface area contributed by atoms with Crippen molar-refractivity contribution in [2.24, 2.45) is 0 Å². The summed E-state index contributed by atoms with van der Waals surface area (Å²) in [5.74, 6) is -0.107. The Balaban J connectivity index is 2.14. The van der Waals surface area contributed by atoms with Gasteiger partial charge in [0.05, 0.1) is 5.56 Å². The normalized spacial score (nSPS) is 10.6. The van der Waals surface area contributed by atoms with Gasteiger partial charge < -0.3 is 9.84 Å². The van der Waals surface area contributed by atoms with Gasteiger partial charge in [0.2, 0.25) is 0 Å². The summed E-state index contributed by atoms with van der Waals surface area (Å²) in [6.45, 7) is 0.214. The molecular weight excluding hydrogens is 238 g/mol. The molecule has 0 unspecified atom stereocenters. The SMILES string of the molecule is Oc1ccc(OCc2ccccc2)c(C(F)F)c1. The quantitative estimate of drug-likeness (QED) is 0.891. The number of hydrogen-bond acceptors (Lipinski definition) is 2. The van der Waals surface area contributed by atoms with Crippen molar-refractivity contribution in [3.05, 3.63) is 59.7 Å². The highest BCUT2D eigenvalue weighted by molar-refractivity contribution is 5.40. The van der Waals surface area contributed by atoms with E-state index in [1.165, 1.54) is 12.1 Å². The molecule has 0 aliphatic rings. The van der Waals surface area contributed by atoms with Crippen molar-refractivity contribution in [3.63, 3.8) is 0 Å². The molecule has 0 fully saturated rings. The Morgan fingerprint density at radius 2 is 1.78 bits per heavy atom. The van der Waals surface area contributed by atoms with E-state index in [9.17, 15) is 13.9 Å². The molecule has 2 aromatic rings. The minimum absolute atomic E-state index is 0.0895. The summed E-state index contributed by atoms with van der Waals surface area (Å²) >= 11 is 0. The maximum atomic E-state index is 12.7. The molecule has 0 atom stereocenters. The summed E-state index contributed by atoms with van der Waals surface area (Å²) in [7, 11) is 0. The van der Waals surface area contributed by atoms with E-state index in [0.29, 0.717) is 0 Å². The van der Waals surface area contributed by atoms with Crippen molar-refractivity contribution in [1.82, 2.24) is 0 Å². The number of hydrogen-bond donors (Lipinski definition) is 1. The van der Waals surface area contributed by atoms with E-state index < -0.39 is 6.43 Å². The second-order valence-electron chi connectivity index (χ2n) is 3.80. The molecule has 0 radical (unpaired) electrons. The van der Waals surface area contributed by atoms with Gasteiger partial charge in [-0.3, -0.25) is 0 Å². The number of halogens is 2. The van der Waals surface area contributed by atoms with Crippen LogP contribution < -0.4 is 4.74 Å². The number of phenolic OH excluding ortho intramolecular Hbond substituents is 1. The molecule has 0 saturated heterocycles. The second kappa shape index (κ2) is 5.49. The van der Waals surface area contributed by atoms with Crippen LogP contribution in [0.15, 0.2) is 48.5 Å². The Morgan fingerprint density at radius 1 is 1.06 bits per heavy atom. The van der Waals surface area contributed by atoms with Gasteiger partial charge in [0.15, 0.2) is 0 Å². The molecule has 0 heterocycles. The third-order valence-corrected chi connectivity index (χ3v) is 2.47. The number of rotatable bonds is 4. The van der Waals surface area contributed by atoms with E-state index in [4.69, 9.17) is 4.74 Å². The van der Waals surface area contributed by atoms with E-state index >= 15 is 0 Å². The molecule has 2 rings (SSSR count). The lowest BCUT2D eigenvalue weighted by Gasteiger charge is -2.11. The fourth-order valence-electron chi connectivity index (χ4n) is 1.57. The topological polar surface area (TPSA) is 29.5 Å². The predicted molar refractivity (Wildman–Crippen MR) is 63.8 cm³/mol. The highest BCUT2D eigenvalue weighted by Gasteiger charge is 2.15. The van der Waals surface area contributed by atoms with Gasteiger partial charge in [-0.15, -0.1) is 0 Å². The van der Waals surface area contributed by atoms with Crippen molar-refractivity contribution in [2.45, 2.75) is 13.0 Å². The molecule has 0 aliphatic heterocycles. The molecule has 0 spiro atoms. The van der Waals surface area contributed by atoms with Crippen LogP contribution in [-0.4, -0.2) is 5.11 Å². The van der Waals surface area contributed by atoms with Crippen LogP contribution in [0.2, 0.25) is 0 Å². The molecule has 4 heteroatoms. The number of alkyl halides is 2. The number of ether oxygens (including phenoxy) is 1. The largest absolute Gasteiger partial charge is 0.508 e. The molecule has 0 saturated carbocycles. The van der Waals surface area contributed by atoms with Crippen LogP contribution in [0.4, 0.5) is 8.78 Å². The van der Waals surface area contributed by atoms with Crippen LogP contribution in [0, 0.1) is 0 Å². The zero-order valence-corrected chi connectivity index (χ0v) is 9.51. The van der Waals surface area contributed by atoms with Crippen molar-refractivity contribution in [2.75, 3.05) is 0 Å². The smallest absolute Gasteiger partial charge is 0.267 e. The van der Waals surface area contributed by atoms with Crippen LogP contribution in [0.25, 0.3) is 0 Å². The Morgan fingerprint density at radius 3 is 2.44 bits per heavy atom. The average Bonchev–Trinajstić information content (AvgIpc) is 2.38. The fraction of sp³-hybridized carbons (Fsp3) is 0.143. The van der Waals surface area contributed by atoms with Crippen LogP contribution in [0.3, 0.4) is 0 Å². The zero-order chi connectivity index (χ0) is 13.0. The molecular formula is C14H12F2O2. The van der Waals surface area contributed by atoms with Gasteiger partial charge in [-0.05, 0) is 23.8 Å². The highest BCUT2D eigenvalue weighted by atomic mass is 19.3. The first-order valence-electron chi connectivity index (χ1n) is 5.44. The number of aromatic hydroxyl groups is 1. The van der Waals surface area contributed by atoms with Crippen molar-refractivity contribution in [1.29, 1.82) is 0 Å².